The Kier molecular flexibility index (Phi) is 7.96. The first-order chi connectivity index (χ1) is 12.7. The highest BCUT2D eigenvalue weighted by Gasteiger charge is 2.10. The first kappa shape index (κ1) is 19.3. The molecule has 0 unspecified atom stereocenters. The van der Waals surface area contributed by atoms with Gasteiger partial charge in [0.05, 0.1) is 10.5 Å². The molecule has 0 N–H and O–H groups in total. The van der Waals surface area contributed by atoms with Crippen LogP contribution in [0.2, 0.25) is 0 Å². The van der Waals surface area contributed by atoms with E-state index in [1.165, 1.54) is 43.4 Å². The molecule has 0 bridgehead atoms. The zero-order chi connectivity index (χ0) is 18.6. The number of nitro groups is 1. The van der Waals surface area contributed by atoms with E-state index in [2.05, 4.69) is 11.8 Å². The van der Waals surface area contributed by atoms with Gasteiger partial charge in [-0.05, 0) is 30.9 Å². The summed E-state index contributed by atoms with van der Waals surface area (Å²) in [6.45, 7) is 2.29. The van der Waals surface area contributed by atoms with Crippen molar-refractivity contribution >= 4 is 11.7 Å². The van der Waals surface area contributed by atoms with E-state index in [4.69, 9.17) is 18.9 Å². The normalized spacial score (nSPS) is 14.5. The van der Waals surface area contributed by atoms with E-state index in [0.717, 1.165) is 13.2 Å². The second-order valence-electron chi connectivity index (χ2n) is 5.22. The minimum atomic E-state index is -0.550. The summed E-state index contributed by atoms with van der Waals surface area (Å²) >= 11 is 0. The summed E-state index contributed by atoms with van der Waals surface area (Å²) in [5, 5.41) is 10.5. The summed E-state index contributed by atoms with van der Waals surface area (Å²) < 4.78 is 19.7. The van der Waals surface area contributed by atoms with Gasteiger partial charge in [-0.15, -0.1) is 0 Å². The van der Waals surface area contributed by atoms with E-state index in [0.29, 0.717) is 12.2 Å². The Morgan fingerprint density at radius 1 is 1.23 bits per heavy atom. The molecule has 2 heterocycles. The highest BCUT2D eigenvalue weighted by molar-refractivity contribution is 5.89. The topological polar surface area (TPSA) is 97.1 Å². The van der Waals surface area contributed by atoms with Crippen molar-refractivity contribution < 1.29 is 28.7 Å². The molecule has 1 saturated heterocycles. The van der Waals surface area contributed by atoms with E-state index in [-0.39, 0.29) is 24.7 Å². The summed E-state index contributed by atoms with van der Waals surface area (Å²) in [5.41, 5.74) is 0.174. The Bertz CT molecular complexity index is 689. The molecular formula is C18H19NO7. The van der Waals surface area contributed by atoms with Crippen LogP contribution in [0, 0.1) is 22.0 Å². The molecule has 2 aliphatic rings. The van der Waals surface area contributed by atoms with Gasteiger partial charge in [-0.2, -0.15) is 0 Å². The standard InChI is InChI=1S/C14H11NO6.C4H8O/c16-14(11-4-6-12(7-5-11)15(17)18)20-8-2-1-3-13-9-19-10-21-13;1-2-4-5-3-1/h4-7,9H,2,8,10H2;1-4H2. The highest BCUT2D eigenvalue weighted by atomic mass is 16.7. The first-order valence-electron chi connectivity index (χ1n) is 8.09. The Morgan fingerprint density at radius 2 is 1.96 bits per heavy atom. The maximum absolute atomic E-state index is 11.6. The summed E-state index contributed by atoms with van der Waals surface area (Å²) in [6, 6.07) is 5.20. The molecule has 1 aromatic rings. The van der Waals surface area contributed by atoms with Gasteiger partial charge in [0.15, 0.2) is 0 Å². The molecule has 0 amide bonds. The number of benzene rings is 1. The fraction of sp³-hybridized carbons (Fsp3) is 0.389. The van der Waals surface area contributed by atoms with Crippen molar-refractivity contribution in [2.75, 3.05) is 26.6 Å². The Hall–Kier alpha value is -3.05. The number of allylic oxidation sites excluding steroid dienone is 1. The third-order valence-corrected chi connectivity index (χ3v) is 3.29. The van der Waals surface area contributed by atoms with Crippen molar-refractivity contribution in [3.8, 4) is 11.8 Å². The fourth-order valence-corrected chi connectivity index (χ4v) is 1.96. The molecule has 0 aliphatic carbocycles. The van der Waals surface area contributed by atoms with Gasteiger partial charge in [0.1, 0.15) is 12.9 Å². The van der Waals surface area contributed by atoms with Crippen LogP contribution >= 0.6 is 0 Å². The van der Waals surface area contributed by atoms with Crippen molar-refractivity contribution in [1.29, 1.82) is 0 Å². The zero-order valence-electron chi connectivity index (χ0n) is 14.1. The largest absolute Gasteiger partial charge is 0.461 e. The summed E-state index contributed by atoms with van der Waals surface area (Å²) in [4.78, 5) is 21.6. The number of ether oxygens (including phenoxy) is 4. The van der Waals surface area contributed by atoms with Crippen molar-refractivity contribution in [3.63, 3.8) is 0 Å². The van der Waals surface area contributed by atoms with Crippen LogP contribution in [0.15, 0.2) is 36.3 Å². The quantitative estimate of drug-likeness (QED) is 0.267. The Labute approximate surface area is 150 Å². The monoisotopic (exact) mass is 361 g/mol. The maximum atomic E-state index is 11.6. The maximum Gasteiger partial charge on any atom is 0.338 e. The van der Waals surface area contributed by atoms with Crippen molar-refractivity contribution in [1.82, 2.24) is 0 Å². The van der Waals surface area contributed by atoms with Crippen LogP contribution in [0.5, 0.6) is 0 Å². The molecule has 138 valence electrons. The predicted molar refractivity (Wildman–Crippen MR) is 90.9 cm³/mol. The average Bonchev–Trinajstić information content (AvgIpc) is 3.38. The van der Waals surface area contributed by atoms with Crippen LogP contribution in [0.3, 0.4) is 0 Å². The predicted octanol–water partition coefficient (Wildman–Crippen LogP) is 2.79. The number of carbonyl (C=O) groups is 1. The number of nitro benzene ring substituents is 1. The second-order valence-corrected chi connectivity index (χ2v) is 5.22. The molecule has 0 atom stereocenters. The summed E-state index contributed by atoms with van der Waals surface area (Å²) in [6.07, 6.45) is 4.31. The van der Waals surface area contributed by atoms with Crippen LogP contribution < -0.4 is 0 Å². The molecule has 0 saturated carbocycles. The molecule has 1 fully saturated rings. The van der Waals surface area contributed by atoms with Crippen molar-refractivity contribution in [2.45, 2.75) is 19.3 Å². The van der Waals surface area contributed by atoms with E-state index in [1.54, 1.807) is 0 Å². The summed E-state index contributed by atoms with van der Waals surface area (Å²) in [5.74, 6) is 5.37. The van der Waals surface area contributed by atoms with Gasteiger partial charge in [-0.25, -0.2) is 4.79 Å². The van der Waals surface area contributed by atoms with Crippen LogP contribution in [0.25, 0.3) is 0 Å². The van der Waals surface area contributed by atoms with E-state index < -0.39 is 10.9 Å². The minimum absolute atomic E-state index is 0.0792. The third-order valence-electron chi connectivity index (χ3n) is 3.29. The number of rotatable bonds is 4. The van der Waals surface area contributed by atoms with Gasteiger partial charge in [0.2, 0.25) is 12.6 Å². The Balaban J connectivity index is 0.000000417. The van der Waals surface area contributed by atoms with Gasteiger partial charge in [-0.3, -0.25) is 10.1 Å². The van der Waals surface area contributed by atoms with Crippen LogP contribution in [-0.2, 0) is 18.9 Å². The van der Waals surface area contributed by atoms with Crippen molar-refractivity contribution in [2.24, 2.45) is 0 Å². The minimum Gasteiger partial charge on any atom is -0.461 e. The molecule has 1 aromatic carbocycles. The van der Waals surface area contributed by atoms with E-state index in [9.17, 15) is 14.9 Å². The number of non-ortho nitro benzene ring substituents is 1. The number of nitrogens with zero attached hydrogens (tertiary/aromatic N) is 1. The molecule has 8 nitrogen and oxygen atoms in total. The van der Waals surface area contributed by atoms with Gasteiger partial charge >= 0.3 is 5.97 Å². The van der Waals surface area contributed by atoms with Gasteiger partial charge < -0.3 is 18.9 Å². The lowest BCUT2D eigenvalue weighted by molar-refractivity contribution is -0.384. The van der Waals surface area contributed by atoms with Crippen LogP contribution in [0.4, 0.5) is 5.69 Å². The van der Waals surface area contributed by atoms with Gasteiger partial charge in [-0.1, -0.05) is 5.92 Å². The molecule has 3 rings (SSSR count). The van der Waals surface area contributed by atoms with E-state index in [1.807, 2.05) is 0 Å². The van der Waals surface area contributed by atoms with Crippen molar-refractivity contribution in [3.05, 3.63) is 52.0 Å². The molecule has 26 heavy (non-hydrogen) atoms. The van der Waals surface area contributed by atoms with Crippen LogP contribution in [-0.4, -0.2) is 37.5 Å². The number of esters is 1. The fourth-order valence-electron chi connectivity index (χ4n) is 1.96. The smallest absolute Gasteiger partial charge is 0.338 e. The van der Waals surface area contributed by atoms with Gasteiger partial charge in [0.25, 0.3) is 5.69 Å². The lowest BCUT2D eigenvalue weighted by Gasteiger charge is -2.01. The lowest BCUT2D eigenvalue weighted by Crippen LogP contribution is -2.06. The Morgan fingerprint density at radius 3 is 2.50 bits per heavy atom. The molecule has 2 aliphatic heterocycles. The lowest BCUT2D eigenvalue weighted by atomic mass is 10.2. The molecular weight excluding hydrogens is 342 g/mol. The molecule has 8 heteroatoms. The zero-order valence-corrected chi connectivity index (χ0v) is 14.1. The average molecular weight is 361 g/mol. The molecule has 0 spiro atoms. The number of hydrogen-bond donors (Lipinski definition) is 0. The molecule has 0 aromatic heterocycles. The number of carbonyl (C=O) groups excluding carboxylic acids is 1. The third kappa shape index (κ3) is 6.83. The van der Waals surface area contributed by atoms with Gasteiger partial charge in [0, 0.05) is 31.8 Å². The highest BCUT2D eigenvalue weighted by Crippen LogP contribution is 2.12. The molecule has 0 radical (unpaired) electrons. The first-order valence-corrected chi connectivity index (χ1v) is 8.09. The van der Waals surface area contributed by atoms with E-state index >= 15 is 0 Å². The van der Waals surface area contributed by atoms with Crippen LogP contribution in [0.1, 0.15) is 29.6 Å². The summed E-state index contributed by atoms with van der Waals surface area (Å²) in [7, 11) is 0. The number of hydrogen-bond acceptors (Lipinski definition) is 7. The second kappa shape index (κ2) is 10.7. The SMILES string of the molecule is C1CCOC1.O=C(OCCC#CC1=COCO1)c1ccc([N+](=O)[O-])cc1.